The second kappa shape index (κ2) is 8.48. The van der Waals surface area contributed by atoms with E-state index in [1.54, 1.807) is 0 Å². The molecule has 3 N–H and O–H groups in total. The maximum atomic E-state index is 13.0. The number of aromatic carboxylic acids is 1. The second-order valence-corrected chi connectivity index (χ2v) is 6.83. The van der Waals surface area contributed by atoms with Crippen LogP contribution in [0.5, 0.6) is 0 Å². The van der Waals surface area contributed by atoms with Crippen molar-refractivity contribution in [3.05, 3.63) is 65.2 Å². The van der Waals surface area contributed by atoms with Crippen molar-refractivity contribution in [2.75, 3.05) is 11.5 Å². The van der Waals surface area contributed by atoms with Crippen molar-refractivity contribution in [2.45, 2.75) is 13.3 Å². The lowest BCUT2D eigenvalue weighted by Gasteiger charge is -2.17. The van der Waals surface area contributed by atoms with Crippen molar-refractivity contribution in [1.82, 2.24) is 0 Å². The number of nitrogen functional groups attached to an aromatic ring is 1. The molecule has 2 rings (SSSR count). The van der Waals surface area contributed by atoms with E-state index in [2.05, 4.69) is 0 Å². The Hall–Kier alpha value is -2.60. The van der Waals surface area contributed by atoms with Crippen molar-refractivity contribution in [3.8, 4) is 0 Å². The van der Waals surface area contributed by atoms with Gasteiger partial charge < -0.3 is 10.8 Å². The summed E-state index contributed by atoms with van der Waals surface area (Å²) >= 11 is 1.05. The van der Waals surface area contributed by atoms with Gasteiger partial charge in [-0.25, -0.2) is 4.79 Å². The normalized spacial score (nSPS) is 11.7. The lowest BCUT2D eigenvalue weighted by molar-refractivity contribution is -0.109. The predicted molar refractivity (Wildman–Crippen MR) is 98.9 cm³/mol. The van der Waals surface area contributed by atoms with Crippen LogP contribution in [-0.2, 0) is 11.2 Å². The minimum absolute atomic E-state index is 0.0140. The number of ketones is 1. The number of hydrogen-bond acceptors (Lipinski definition) is 5. The molecule has 0 bridgehead atoms. The maximum Gasteiger partial charge on any atom is 0.336 e. The fourth-order valence-corrected chi connectivity index (χ4v) is 3.28. The quantitative estimate of drug-likeness (QED) is 0.583. The van der Waals surface area contributed by atoms with Gasteiger partial charge >= 0.3 is 5.97 Å². The summed E-state index contributed by atoms with van der Waals surface area (Å²) in [4.78, 5) is 35.8. The van der Waals surface area contributed by atoms with Crippen LogP contribution in [0, 0.1) is 5.92 Å². The number of carboxylic acids is 1. The molecule has 2 aromatic carbocycles. The smallest absolute Gasteiger partial charge is 0.336 e. The van der Waals surface area contributed by atoms with Crippen LogP contribution in [-0.4, -0.2) is 27.7 Å². The molecular weight excluding hydrogens is 338 g/mol. The molecule has 0 heterocycles. The third-order valence-electron chi connectivity index (χ3n) is 3.76. The maximum absolute atomic E-state index is 13.0. The van der Waals surface area contributed by atoms with Crippen molar-refractivity contribution in [2.24, 2.45) is 5.92 Å². The van der Waals surface area contributed by atoms with Crippen LogP contribution < -0.4 is 5.73 Å². The highest BCUT2D eigenvalue weighted by Crippen LogP contribution is 2.25. The minimum Gasteiger partial charge on any atom is -0.478 e. The largest absolute Gasteiger partial charge is 0.478 e. The van der Waals surface area contributed by atoms with Crippen LogP contribution in [0.4, 0.5) is 5.69 Å². The van der Waals surface area contributed by atoms with Crippen molar-refractivity contribution in [1.29, 1.82) is 0 Å². The number of anilines is 1. The molecule has 1 atom stereocenters. The number of carbonyl (C=O) groups is 3. The van der Waals surface area contributed by atoms with Gasteiger partial charge in [0.15, 0.2) is 10.9 Å². The first-order chi connectivity index (χ1) is 11.9. The van der Waals surface area contributed by atoms with Crippen LogP contribution in [0.15, 0.2) is 48.5 Å². The molecular formula is C19H19NO4S. The molecule has 0 aliphatic heterocycles. The molecule has 1 unspecified atom stereocenters. The van der Waals surface area contributed by atoms with Gasteiger partial charge in [-0.3, -0.25) is 9.59 Å². The van der Waals surface area contributed by atoms with Gasteiger partial charge in [-0.05, 0) is 24.1 Å². The van der Waals surface area contributed by atoms with E-state index in [0.29, 0.717) is 6.42 Å². The van der Waals surface area contributed by atoms with E-state index in [4.69, 9.17) is 5.73 Å². The lowest BCUT2D eigenvalue weighted by Crippen LogP contribution is -2.24. The molecule has 130 valence electrons. The molecule has 5 nitrogen and oxygen atoms in total. The van der Waals surface area contributed by atoms with Gasteiger partial charge in [-0.2, -0.15) is 0 Å². The Morgan fingerprint density at radius 1 is 1.08 bits per heavy atom. The molecule has 25 heavy (non-hydrogen) atoms. The second-order valence-electron chi connectivity index (χ2n) is 5.63. The standard InChI is InChI=1S/C19H19NO4S/c1-12(21)25-11-14(10-13-6-3-2-4-7-13)18(22)17-15(19(23)24)8-5-9-16(17)20/h2-9,14H,10-11,20H2,1H3,(H,23,24). The van der Waals surface area contributed by atoms with Crippen molar-refractivity contribution in [3.63, 3.8) is 0 Å². The number of hydrogen-bond donors (Lipinski definition) is 2. The summed E-state index contributed by atoms with van der Waals surface area (Å²) in [6, 6.07) is 13.8. The van der Waals surface area contributed by atoms with Gasteiger partial charge in [-0.15, -0.1) is 0 Å². The Morgan fingerprint density at radius 2 is 1.76 bits per heavy atom. The first-order valence-corrected chi connectivity index (χ1v) is 8.72. The molecule has 6 heteroatoms. The number of carbonyl (C=O) groups excluding carboxylic acids is 2. The molecule has 0 fully saturated rings. The zero-order valence-corrected chi connectivity index (χ0v) is 14.6. The Kier molecular flexibility index (Phi) is 6.36. The Balaban J connectivity index is 2.38. The number of benzene rings is 2. The van der Waals surface area contributed by atoms with E-state index >= 15 is 0 Å². The fraction of sp³-hybridized carbons (Fsp3) is 0.211. The first kappa shape index (κ1) is 18.7. The molecule has 0 saturated heterocycles. The van der Waals surface area contributed by atoms with Gasteiger partial charge in [0.2, 0.25) is 0 Å². The van der Waals surface area contributed by atoms with Crippen LogP contribution >= 0.6 is 11.8 Å². The Labute approximate surface area is 150 Å². The Bertz CT molecular complexity index is 789. The molecule has 0 aliphatic carbocycles. The third kappa shape index (κ3) is 4.93. The number of Topliss-reactive ketones (excluding diaryl/α,β-unsaturated/α-hetero) is 1. The molecule has 0 aromatic heterocycles. The molecule has 0 spiro atoms. The SMILES string of the molecule is CC(=O)SCC(Cc1ccccc1)C(=O)c1c(N)cccc1C(=O)O. The van der Waals surface area contributed by atoms with Crippen LogP contribution in [0.1, 0.15) is 33.2 Å². The molecule has 0 saturated carbocycles. The predicted octanol–water partition coefficient (Wildman–Crippen LogP) is 3.29. The Morgan fingerprint density at radius 3 is 2.36 bits per heavy atom. The number of thioether (sulfide) groups is 1. The summed E-state index contributed by atoms with van der Waals surface area (Å²) < 4.78 is 0. The van der Waals surface area contributed by atoms with Gasteiger partial charge in [-0.1, -0.05) is 48.2 Å². The number of carboxylic acid groups (broad SMARTS) is 1. The topological polar surface area (TPSA) is 97.5 Å². The van der Waals surface area contributed by atoms with Crippen LogP contribution in [0.25, 0.3) is 0 Å². The van der Waals surface area contributed by atoms with E-state index in [1.807, 2.05) is 30.3 Å². The van der Waals surface area contributed by atoms with E-state index in [1.165, 1.54) is 25.1 Å². The third-order valence-corrected chi connectivity index (χ3v) is 4.73. The summed E-state index contributed by atoms with van der Waals surface area (Å²) in [5, 5.41) is 9.27. The number of nitrogens with two attached hydrogens (primary N) is 1. The summed E-state index contributed by atoms with van der Waals surface area (Å²) in [6.45, 7) is 1.44. The lowest BCUT2D eigenvalue weighted by atomic mass is 9.89. The monoisotopic (exact) mass is 357 g/mol. The van der Waals surface area contributed by atoms with E-state index in [-0.39, 0.29) is 33.5 Å². The fourth-order valence-electron chi connectivity index (χ4n) is 2.57. The van der Waals surface area contributed by atoms with Crippen molar-refractivity contribution < 1.29 is 19.5 Å². The molecule has 0 aliphatic rings. The highest BCUT2D eigenvalue weighted by molar-refractivity contribution is 8.13. The average Bonchev–Trinajstić information content (AvgIpc) is 2.58. The van der Waals surface area contributed by atoms with Crippen LogP contribution in [0.3, 0.4) is 0 Å². The van der Waals surface area contributed by atoms with Crippen LogP contribution in [0.2, 0.25) is 0 Å². The highest BCUT2D eigenvalue weighted by Gasteiger charge is 2.27. The van der Waals surface area contributed by atoms with Gasteiger partial charge in [0, 0.05) is 24.3 Å². The molecule has 2 aromatic rings. The van der Waals surface area contributed by atoms with Gasteiger partial charge in [0.25, 0.3) is 0 Å². The molecule has 0 amide bonds. The summed E-state index contributed by atoms with van der Waals surface area (Å²) in [7, 11) is 0. The van der Waals surface area contributed by atoms with E-state index < -0.39 is 11.9 Å². The summed E-state index contributed by atoms with van der Waals surface area (Å²) in [5.74, 6) is -1.82. The zero-order valence-electron chi connectivity index (χ0n) is 13.8. The summed E-state index contributed by atoms with van der Waals surface area (Å²) in [6.07, 6.45) is 0.410. The van der Waals surface area contributed by atoms with E-state index in [9.17, 15) is 19.5 Å². The summed E-state index contributed by atoms with van der Waals surface area (Å²) in [5.41, 5.74) is 6.86. The first-order valence-electron chi connectivity index (χ1n) is 7.73. The van der Waals surface area contributed by atoms with E-state index in [0.717, 1.165) is 17.3 Å². The highest BCUT2D eigenvalue weighted by atomic mass is 32.2. The van der Waals surface area contributed by atoms with Gasteiger partial charge in [0.05, 0.1) is 11.1 Å². The minimum atomic E-state index is -1.20. The average molecular weight is 357 g/mol. The number of rotatable bonds is 7. The van der Waals surface area contributed by atoms with Crippen molar-refractivity contribution >= 4 is 34.3 Å². The zero-order chi connectivity index (χ0) is 18.4. The van der Waals surface area contributed by atoms with Gasteiger partial charge in [0.1, 0.15) is 0 Å². The molecule has 0 radical (unpaired) electrons.